The average Bonchev–Trinajstić information content (AvgIpc) is 3.09. The van der Waals surface area contributed by atoms with E-state index in [-0.39, 0.29) is 17.2 Å². The first-order valence-electron chi connectivity index (χ1n) is 10.3. The molecule has 0 atom stereocenters. The molecule has 7 heteroatoms. The van der Waals surface area contributed by atoms with Gasteiger partial charge in [-0.05, 0) is 61.2 Å². The highest BCUT2D eigenvalue weighted by Crippen LogP contribution is 2.26. The molecule has 160 valence electrons. The van der Waals surface area contributed by atoms with E-state index in [4.69, 9.17) is 0 Å². The van der Waals surface area contributed by atoms with Gasteiger partial charge in [0.2, 0.25) is 0 Å². The molecule has 2 heterocycles. The molecular formula is C25H22N4O3. The van der Waals surface area contributed by atoms with Gasteiger partial charge >= 0.3 is 0 Å². The lowest BCUT2D eigenvalue weighted by atomic mass is 9.99. The normalized spacial score (nSPS) is 13.4. The van der Waals surface area contributed by atoms with Crippen LogP contribution in [0.25, 0.3) is 11.8 Å². The van der Waals surface area contributed by atoms with E-state index >= 15 is 0 Å². The van der Waals surface area contributed by atoms with E-state index in [0.29, 0.717) is 13.1 Å². The Morgan fingerprint density at radius 3 is 2.47 bits per heavy atom. The highest BCUT2D eigenvalue weighted by atomic mass is 16.6. The van der Waals surface area contributed by atoms with Crippen LogP contribution < -0.4 is 0 Å². The lowest BCUT2D eigenvalue weighted by molar-refractivity contribution is -0.384. The summed E-state index contributed by atoms with van der Waals surface area (Å²) in [5.74, 6) is -0.276. The van der Waals surface area contributed by atoms with E-state index in [9.17, 15) is 20.2 Å². The summed E-state index contributed by atoms with van der Waals surface area (Å²) in [6.07, 6.45) is 2.41. The van der Waals surface area contributed by atoms with E-state index in [0.717, 1.165) is 34.6 Å². The first-order chi connectivity index (χ1) is 15.4. The van der Waals surface area contributed by atoms with Crippen molar-refractivity contribution in [1.29, 1.82) is 5.26 Å². The molecule has 0 N–H and O–H groups in total. The van der Waals surface area contributed by atoms with Gasteiger partial charge < -0.3 is 9.47 Å². The van der Waals surface area contributed by atoms with Crippen LogP contribution in [0.4, 0.5) is 5.69 Å². The number of carbonyl (C=O) groups excluding carboxylic acids is 1. The first kappa shape index (κ1) is 21.1. The molecule has 0 saturated heterocycles. The number of nitro groups is 1. The quantitative estimate of drug-likeness (QED) is 0.266. The smallest absolute Gasteiger partial charge is 0.269 e. The van der Waals surface area contributed by atoms with Crippen LogP contribution in [0.1, 0.15) is 28.1 Å². The van der Waals surface area contributed by atoms with Gasteiger partial charge in [-0.1, -0.05) is 24.3 Å². The summed E-state index contributed by atoms with van der Waals surface area (Å²) in [5, 5.41) is 20.6. The molecule has 1 aliphatic heterocycles. The number of nitrogens with zero attached hydrogens (tertiary/aromatic N) is 4. The van der Waals surface area contributed by atoms with Crippen LogP contribution in [0, 0.1) is 35.3 Å². The van der Waals surface area contributed by atoms with E-state index in [2.05, 4.69) is 12.1 Å². The molecule has 3 aromatic rings. The zero-order valence-electron chi connectivity index (χ0n) is 17.9. The highest BCUT2D eigenvalue weighted by molar-refractivity contribution is 6.02. The molecule has 1 aromatic heterocycles. The monoisotopic (exact) mass is 426 g/mol. The Morgan fingerprint density at radius 2 is 1.81 bits per heavy atom. The van der Waals surface area contributed by atoms with Crippen LogP contribution in [-0.4, -0.2) is 26.8 Å². The van der Waals surface area contributed by atoms with Crippen molar-refractivity contribution in [3.8, 4) is 11.8 Å². The number of benzene rings is 2. The van der Waals surface area contributed by atoms with Gasteiger partial charge in [0.15, 0.2) is 0 Å². The van der Waals surface area contributed by atoms with Crippen molar-refractivity contribution in [3.05, 3.63) is 98.4 Å². The van der Waals surface area contributed by atoms with Gasteiger partial charge in [0.25, 0.3) is 11.6 Å². The standard InChI is InChI=1S/C25H22N4O3/c1-17-13-21(18(2)28(17)23-7-9-24(10-8-23)29(31)32)14-22(15-26)25(30)27-12-11-19-5-3-4-6-20(19)16-27/h3-10,13-14H,11-12,16H2,1-2H3. The van der Waals surface area contributed by atoms with Gasteiger partial charge in [-0.3, -0.25) is 14.9 Å². The summed E-state index contributed by atoms with van der Waals surface area (Å²) >= 11 is 0. The number of non-ortho nitro benzene ring substituents is 1. The summed E-state index contributed by atoms with van der Waals surface area (Å²) < 4.78 is 1.95. The number of hydrogen-bond acceptors (Lipinski definition) is 4. The molecule has 0 radical (unpaired) electrons. The Morgan fingerprint density at radius 1 is 1.12 bits per heavy atom. The van der Waals surface area contributed by atoms with Gasteiger partial charge in [-0.15, -0.1) is 0 Å². The largest absolute Gasteiger partial charge is 0.333 e. The summed E-state index contributed by atoms with van der Waals surface area (Å²) in [5.41, 5.74) is 5.77. The lowest BCUT2D eigenvalue weighted by Gasteiger charge is -2.28. The van der Waals surface area contributed by atoms with Gasteiger partial charge in [0.1, 0.15) is 11.6 Å². The molecule has 0 fully saturated rings. The van der Waals surface area contributed by atoms with E-state index in [1.807, 2.05) is 42.7 Å². The molecule has 0 unspecified atom stereocenters. The van der Waals surface area contributed by atoms with E-state index in [1.54, 1.807) is 23.1 Å². The Hall–Kier alpha value is -4.18. The maximum atomic E-state index is 13.1. The van der Waals surface area contributed by atoms with Crippen molar-refractivity contribution >= 4 is 17.7 Å². The number of carbonyl (C=O) groups is 1. The lowest BCUT2D eigenvalue weighted by Crippen LogP contribution is -2.36. The first-order valence-corrected chi connectivity index (χ1v) is 10.3. The summed E-state index contributed by atoms with van der Waals surface area (Å²) in [4.78, 5) is 25.3. The Bertz CT molecular complexity index is 1280. The van der Waals surface area contributed by atoms with Gasteiger partial charge in [-0.25, -0.2) is 0 Å². The Balaban J connectivity index is 1.63. The Kier molecular flexibility index (Phi) is 5.61. The van der Waals surface area contributed by atoms with E-state index < -0.39 is 4.92 Å². The molecule has 1 amide bonds. The minimum atomic E-state index is -0.433. The number of fused-ring (bicyclic) bond motifs is 1. The second kappa shape index (κ2) is 8.52. The van der Waals surface area contributed by atoms with Crippen molar-refractivity contribution in [2.24, 2.45) is 0 Å². The van der Waals surface area contributed by atoms with Crippen LogP contribution in [0.2, 0.25) is 0 Å². The fraction of sp³-hybridized carbons (Fsp3) is 0.200. The highest BCUT2D eigenvalue weighted by Gasteiger charge is 2.23. The molecular weight excluding hydrogens is 404 g/mol. The minimum Gasteiger partial charge on any atom is -0.333 e. The van der Waals surface area contributed by atoms with Gasteiger partial charge in [0, 0.05) is 42.3 Å². The SMILES string of the molecule is Cc1cc(C=C(C#N)C(=O)N2CCc3ccccc3C2)c(C)n1-c1ccc([N+](=O)[O-])cc1. The molecule has 0 aliphatic carbocycles. The molecule has 32 heavy (non-hydrogen) atoms. The number of aromatic nitrogens is 1. The molecule has 7 nitrogen and oxygen atoms in total. The molecule has 0 bridgehead atoms. The number of aryl methyl sites for hydroxylation is 1. The summed E-state index contributed by atoms with van der Waals surface area (Å²) in [6.45, 7) is 4.89. The van der Waals surface area contributed by atoms with Gasteiger partial charge in [-0.2, -0.15) is 5.26 Å². The number of amides is 1. The van der Waals surface area contributed by atoms with Crippen LogP contribution in [-0.2, 0) is 17.8 Å². The zero-order valence-corrected chi connectivity index (χ0v) is 17.9. The predicted molar refractivity (Wildman–Crippen MR) is 121 cm³/mol. The van der Waals surface area contributed by atoms with Crippen LogP contribution in [0.15, 0.2) is 60.2 Å². The van der Waals surface area contributed by atoms with Crippen molar-refractivity contribution < 1.29 is 9.72 Å². The molecule has 2 aromatic carbocycles. The molecule has 0 saturated carbocycles. The summed E-state index contributed by atoms with van der Waals surface area (Å²) in [6, 6.07) is 18.3. The Labute approximate surface area is 186 Å². The third kappa shape index (κ3) is 3.91. The minimum absolute atomic E-state index is 0.0248. The fourth-order valence-electron chi connectivity index (χ4n) is 4.19. The maximum absolute atomic E-state index is 13.1. The van der Waals surface area contributed by atoms with Crippen molar-refractivity contribution in [3.63, 3.8) is 0 Å². The third-order valence-electron chi connectivity index (χ3n) is 5.86. The number of nitro benzene ring substituents is 1. The van der Waals surface area contributed by atoms with Crippen LogP contribution in [0.5, 0.6) is 0 Å². The third-order valence-corrected chi connectivity index (χ3v) is 5.86. The number of nitriles is 1. The molecule has 0 spiro atoms. The fourth-order valence-corrected chi connectivity index (χ4v) is 4.19. The van der Waals surface area contributed by atoms with Crippen molar-refractivity contribution in [1.82, 2.24) is 9.47 Å². The molecule has 4 rings (SSSR count). The van der Waals surface area contributed by atoms with Gasteiger partial charge in [0.05, 0.1) is 4.92 Å². The number of rotatable bonds is 4. The number of hydrogen-bond donors (Lipinski definition) is 0. The second-order valence-corrected chi connectivity index (χ2v) is 7.85. The second-order valence-electron chi connectivity index (χ2n) is 7.85. The summed E-state index contributed by atoms with van der Waals surface area (Å²) in [7, 11) is 0. The van der Waals surface area contributed by atoms with E-state index in [1.165, 1.54) is 17.7 Å². The average molecular weight is 426 g/mol. The zero-order chi connectivity index (χ0) is 22.8. The predicted octanol–water partition coefficient (Wildman–Crippen LogP) is 4.49. The van der Waals surface area contributed by atoms with Crippen molar-refractivity contribution in [2.45, 2.75) is 26.8 Å². The van der Waals surface area contributed by atoms with Crippen molar-refractivity contribution in [2.75, 3.05) is 6.54 Å². The molecule has 1 aliphatic rings. The topological polar surface area (TPSA) is 92.2 Å². The van der Waals surface area contributed by atoms with Crippen LogP contribution in [0.3, 0.4) is 0 Å². The maximum Gasteiger partial charge on any atom is 0.269 e. The van der Waals surface area contributed by atoms with Crippen LogP contribution >= 0.6 is 0 Å².